The normalized spacial score (nSPS) is 13.7. The predicted octanol–water partition coefficient (Wildman–Crippen LogP) is 5.32. The fourth-order valence-corrected chi connectivity index (χ4v) is 4.66. The lowest BCUT2D eigenvalue weighted by atomic mass is 10.0. The highest BCUT2D eigenvalue weighted by Crippen LogP contribution is 2.24. The molecule has 35 heavy (non-hydrogen) atoms. The van der Waals surface area contributed by atoms with Crippen LogP contribution in [-0.2, 0) is 11.2 Å². The zero-order valence-corrected chi connectivity index (χ0v) is 20.3. The minimum Gasteiger partial charge on any atom is -0.352 e. The lowest BCUT2D eigenvalue weighted by molar-refractivity contribution is -0.130. The molecule has 4 aromatic rings. The van der Waals surface area contributed by atoms with Crippen LogP contribution in [0.5, 0.6) is 0 Å². The first-order chi connectivity index (χ1) is 17.1. The largest absolute Gasteiger partial charge is 0.352 e. The number of hydrogen-bond donors (Lipinski definition) is 0. The van der Waals surface area contributed by atoms with Crippen LogP contribution in [-0.4, -0.2) is 47.2 Å². The average molecular weight is 463 g/mol. The van der Waals surface area contributed by atoms with E-state index in [9.17, 15) is 4.79 Å². The van der Waals surface area contributed by atoms with Gasteiger partial charge in [0.25, 0.3) is 0 Å². The second-order valence-corrected chi connectivity index (χ2v) is 9.20. The molecule has 0 aliphatic carbocycles. The molecule has 3 aromatic carbocycles. The second-order valence-electron chi connectivity index (χ2n) is 9.20. The van der Waals surface area contributed by atoms with Gasteiger partial charge in [0.1, 0.15) is 0 Å². The van der Waals surface area contributed by atoms with Crippen molar-refractivity contribution in [1.29, 1.82) is 0 Å². The van der Waals surface area contributed by atoms with Crippen molar-refractivity contribution in [2.45, 2.75) is 20.3 Å². The van der Waals surface area contributed by atoms with Crippen LogP contribution >= 0.6 is 0 Å². The van der Waals surface area contributed by atoms with E-state index in [-0.39, 0.29) is 5.91 Å². The Morgan fingerprint density at radius 2 is 1.49 bits per heavy atom. The van der Waals surface area contributed by atoms with E-state index in [0.717, 1.165) is 35.7 Å². The number of carbonyl (C=O) groups is 1. The Labute approximate surface area is 207 Å². The summed E-state index contributed by atoms with van der Waals surface area (Å²) in [7, 11) is 0. The van der Waals surface area contributed by atoms with E-state index in [1.165, 1.54) is 22.3 Å². The number of aromatic nitrogens is 2. The fourth-order valence-electron chi connectivity index (χ4n) is 4.66. The van der Waals surface area contributed by atoms with E-state index in [4.69, 9.17) is 0 Å². The van der Waals surface area contributed by atoms with Crippen molar-refractivity contribution >= 4 is 11.7 Å². The third-order valence-electron chi connectivity index (χ3n) is 6.68. The number of piperazine rings is 1. The molecule has 0 spiro atoms. The summed E-state index contributed by atoms with van der Waals surface area (Å²) < 4.78 is 0. The number of carbonyl (C=O) groups excluding carboxylic acids is 1. The molecule has 5 rings (SSSR count). The highest BCUT2D eigenvalue weighted by atomic mass is 16.2. The SMILES string of the molecule is Cc1ccc(-c2ccc(N3CCN(C(=O)Cc4ccc(-c5ccccc5)cc4)CC3)nn2)c(C)c1. The summed E-state index contributed by atoms with van der Waals surface area (Å²) in [5.74, 6) is 1.04. The minimum atomic E-state index is 0.174. The van der Waals surface area contributed by atoms with Gasteiger partial charge in [0.05, 0.1) is 12.1 Å². The van der Waals surface area contributed by atoms with Gasteiger partial charge in [-0.2, -0.15) is 0 Å². The highest BCUT2D eigenvalue weighted by molar-refractivity contribution is 5.79. The van der Waals surface area contributed by atoms with Crippen LogP contribution < -0.4 is 4.90 Å². The molecule has 0 saturated carbocycles. The standard InChI is InChI=1S/C30H30N4O/c1-22-8-13-27(23(2)20-22)28-14-15-29(32-31-28)33-16-18-34(19-17-33)30(35)21-24-9-11-26(12-10-24)25-6-4-3-5-7-25/h3-15,20H,16-19,21H2,1-2H3. The molecule has 1 aliphatic rings. The van der Waals surface area contributed by atoms with Gasteiger partial charge in [0.2, 0.25) is 5.91 Å². The lowest BCUT2D eigenvalue weighted by Crippen LogP contribution is -2.49. The van der Waals surface area contributed by atoms with Crippen molar-refractivity contribution in [2.24, 2.45) is 0 Å². The van der Waals surface area contributed by atoms with Gasteiger partial charge in [-0.25, -0.2) is 0 Å². The van der Waals surface area contributed by atoms with Gasteiger partial charge in [-0.15, -0.1) is 10.2 Å². The molecule has 5 heteroatoms. The van der Waals surface area contributed by atoms with Gasteiger partial charge in [-0.05, 0) is 48.2 Å². The molecule has 0 radical (unpaired) electrons. The average Bonchev–Trinajstić information content (AvgIpc) is 2.90. The monoisotopic (exact) mass is 462 g/mol. The number of nitrogens with zero attached hydrogens (tertiary/aromatic N) is 4. The number of amides is 1. The highest BCUT2D eigenvalue weighted by Gasteiger charge is 2.22. The molecule has 1 aliphatic heterocycles. The van der Waals surface area contributed by atoms with Crippen molar-refractivity contribution < 1.29 is 4.79 Å². The van der Waals surface area contributed by atoms with Crippen LogP contribution in [0.4, 0.5) is 5.82 Å². The zero-order chi connectivity index (χ0) is 24.2. The van der Waals surface area contributed by atoms with Crippen LogP contribution in [0.15, 0.2) is 84.9 Å². The summed E-state index contributed by atoms with van der Waals surface area (Å²) in [6, 6.07) is 29.0. The van der Waals surface area contributed by atoms with Gasteiger partial charge >= 0.3 is 0 Å². The fraction of sp³-hybridized carbons (Fsp3) is 0.233. The first-order valence-electron chi connectivity index (χ1n) is 12.2. The van der Waals surface area contributed by atoms with E-state index in [0.29, 0.717) is 19.5 Å². The predicted molar refractivity (Wildman–Crippen MR) is 141 cm³/mol. The molecule has 1 aromatic heterocycles. The van der Waals surface area contributed by atoms with E-state index >= 15 is 0 Å². The van der Waals surface area contributed by atoms with Gasteiger partial charge < -0.3 is 9.80 Å². The van der Waals surface area contributed by atoms with E-state index in [1.54, 1.807) is 0 Å². The van der Waals surface area contributed by atoms with Gasteiger partial charge in [0.15, 0.2) is 5.82 Å². The van der Waals surface area contributed by atoms with Crippen LogP contribution in [0.2, 0.25) is 0 Å². The molecule has 5 nitrogen and oxygen atoms in total. The number of aryl methyl sites for hydroxylation is 2. The zero-order valence-electron chi connectivity index (χ0n) is 20.3. The van der Waals surface area contributed by atoms with Crippen molar-refractivity contribution in [3.05, 3.63) is 102 Å². The summed E-state index contributed by atoms with van der Waals surface area (Å²) in [4.78, 5) is 17.1. The maximum Gasteiger partial charge on any atom is 0.227 e. The number of rotatable bonds is 5. The number of hydrogen-bond acceptors (Lipinski definition) is 4. The van der Waals surface area contributed by atoms with Gasteiger partial charge in [0, 0.05) is 31.7 Å². The second kappa shape index (κ2) is 10.1. The summed E-state index contributed by atoms with van der Waals surface area (Å²) in [6.07, 6.45) is 0.430. The van der Waals surface area contributed by atoms with Crippen LogP contribution in [0, 0.1) is 13.8 Å². The Kier molecular flexibility index (Phi) is 6.57. The summed E-state index contributed by atoms with van der Waals surface area (Å²) in [5.41, 5.74) is 7.85. The summed E-state index contributed by atoms with van der Waals surface area (Å²) >= 11 is 0. The van der Waals surface area contributed by atoms with Gasteiger partial charge in [-0.1, -0.05) is 78.4 Å². The topological polar surface area (TPSA) is 49.3 Å². The van der Waals surface area contributed by atoms with E-state index < -0.39 is 0 Å². The molecule has 0 unspecified atom stereocenters. The molecular weight excluding hydrogens is 432 g/mol. The van der Waals surface area contributed by atoms with Crippen molar-refractivity contribution in [1.82, 2.24) is 15.1 Å². The van der Waals surface area contributed by atoms with Crippen molar-refractivity contribution in [3.63, 3.8) is 0 Å². The minimum absolute atomic E-state index is 0.174. The third kappa shape index (κ3) is 5.24. The Morgan fingerprint density at radius 1 is 0.771 bits per heavy atom. The number of benzene rings is 3. The van der Waals surface area contributed by atoms with Gasteiger partial charge in [-0.3, -0.25) is 4.79 Å². The van der Waals surface area contributed by atoms with E-state index in [2.05, 4.69) is 83.5 Å². The maximum absolute atomic E-state index is 12.9. The van der Waals surface area contributed by atoms with Crippen LogP contribution in [0.3, 0.4) is 0 Å². The molecule has 1 fully saturated rings. The molecule has 0 bridgehead atoms. The lowest BCUT2D eigenvalue weighted by Gasteiger charge is -2.35. The molecule has 1 saturated heterocycles. The first-order valence-corrected chi connectivity index (χ1v) is 12.2. The van der Waals surface area contributed by atoms with Crippen molar-refractivity contribution in [3.8, 4) is 22.4 Å². The Morgan fingerprint density at radius 3 is 2.14 bits per heavy atom. The third-order valence-corrected chi connectivity index (χ3v) is 6.68. The first kappa shape index (κ1) is 22.8. The Balaban J connectivity index is 1.16. The molecule has 176 valence electrons. The Bertz CT molecular complexity index is 1290. The quantitative estimate of drug-likeness (QED) is 0.403. The molecule has 1 amide bonds. The molecule has 0 N–H and O–H groups in total. The molecule has 2 heterocycles. The van der Waals surface area contributed by atoms with E-state index in [1.807, 2.05) is 35.2 Å². The summed E-state index contributed by atoms with van der Waals surface area (Å²) in [6.45, 7) is 7.11. The number of anilines is 1. The van der Waals surface area contributed by atoms with Crippen LogP contribution in [0.25, 0.3) is 22.4 Å². The van der Waals surface area contributed by atoms with Crippen LogP contribution in [0.1, 0.15) is 16.7 Å². The smallest absolute Gasteiger partial charge is 0.227 e. The maximum atomic E-state index is 12.9. The van der Waals surface area contributed by atoms with Crippen molar-refractivity contribution in [2.75, 3.05) is 31.1 Å². The molecule has 0 atom stereocenters. The Hall–Kier alpha value is -3.99. The molecular formula is C30H30N4O. The summed E-state index contributed by atoms with van der Waals surface area (Å²) in [5, 5.41) is 8.97.